The second-order valence-corrected chi connectivity index (χ2v) is 17.1. The molecule has 276 valence electrons. The van der Waals surface area contributed by atoms with E-state index in [9.17, 15) is 18.3 Å². The van der Waals surface area contributed by atoms with Crippen molar-refractivity contribution in [2.45, 2.75) is 62.9 Å². The summed E-state index contributed by atoms with van der Waals surface area (Å²) in [5.41, 5.74) is 12.6. The molecule has 0 bridgehead atoms. The molecule has 2 heterocycles. The molecule has 14 heteroatoms. The number of carbonyl (C=O) groups is 1. The Kier molecular flexibility index (Phi) is 11.5. The van der Waals surface area contributed by atoms with Crippen LogP contribution in [0.3, 0.4) is 0 Å². The molecule has 2 aromatic heterocycles. The van der Waals surface area contributed by atoms with Gasteiger partial charge < -0.3 is 20.3 Å². The molecule has 0 amide bonds. The van der Waals surface area contributed by atoms with Gasteiger partial charge in [-0.1, -0.05) is 77.8 Å². The molecule has 0 radical (unpaired) electrons. The van der Waals surface area contributed by atoms with Crippen molar-refractivity contribution in [3.05, 3.63) is 121 Å². The summed E-state index contributed by atoms with van der Waals surface area (Å²) in [6.07, 6.45) is 5.57. The molecule has 53 heavy (non-hydrogen) atoms. The molecular weight excluding hydrogens is 803 g/mol. The number of carboxylic acid groups (broad SMARTS) is 1. The molecule has 10 nitrogen and oxygen atoms in total. The minimum atomic E-state index is -3.49. The van der Waals surface area contributed by atoms with E-state index in [0.29, 0.717) is 31.2 Å². The fourth-order valence-corrected chi connectivity index (χ4v) is 7.68. The van der Waals surface area contributed by atoms with Crippen molar-refractivity contribution in [1.29, 1.82) is 0 Å². The molecule has 0 spiro atoms. The van der Waals surface area contributed by atoms with Gasteiger partial charge in [-0.15, -0.1) is 0 Å². The Morgan fingerprint density at radius 3 is 2.34 bits per heavy atom. The molecule has 0 fully saturated rings. The first-order valence-electron chi connectivity index (χ1n) is 16.6. The molecule has 5 aromatic rings. The van der Waals surface area contributed by atoms with Crippen LogP contribution in [0.4, 0.5) is 0 Å². The lowest BCUT2D eigenvalue weighted by molar-refractivity contribution is -0.143. The molecule has 1 aliphatic carbocycles. The number of hydrogen-bond acceptors (Lipinski definition) is 9. The Hall–Kier alpha value is -4.04. The number of hydrogen-bond donors (Lipinski definition) is 3. The number of carboxylic acids is 1. The molecule has 0 saturated carbocycles. The van der Waals surface area contributed by atoms with E-state index in [1.807, 2.05) is 36.4 Å². The molecule has 1 aliphatic rings. The third kappa shape index (κ3) is 8.86. The van der Waals surface area contributed by atoms with E-state index in [0.717, 1.165) is 41.4 Å². The first kappa shape index (κ1) is 38.7. The van der Waals surface area contributed by atoms with Gasteiger partial charge in [0.25, 0.3) is 0 Å². The average molecular weight is 841 g/mol. The van der Waals surface area contributed by atoms with Gasteiger partial charge in [0.1, 0.15) is 18.8 Å². The van der Waals surface area contributed by atoms with E-state index in [4.69, 9.17) is 38.4 Å². The van der Waals surface area contributed by atoms with Gasteiger partial charge >= 0.3 is 5.97 Å². The maximum atomic E-state index is 12.1. The maximum Gasteiger partial charge on any atom is 0.323 e. The number of aromatic nitrogens is 2. The van der Waals surface area contributed by atoms with Crippen LogP contribution in [0.15, 0.2) is 88.5 Å². The second kappa shape index (κ2) is 15.7. The lowest BCUT2D eigenvalue weighted by atomic mass is 9.96. The topological polar surface area (TPSA) is 154 Å². The van der Waals surface area contributed by atoms with E-state index in [1.165, 1.54) is 29.6 Å². The Labute approximate surface area is 326 Å². The quantitative estimate of drug-likeness (QED) is 0.107. The van der Waals surface area contributed by atoms with E-state index < -0.39 is 21.3 Å². The largest absolute Gasteiger partial charge is 0.480 e. The summed E-state index contributed by atoms with van der Waals surface area (Å²) in [5, 5.41) is 13.7. The molecule has 6 rings (SSSR count). The van der Waals surface area contributed by atoms with Gasteiger partial charge in [0, 0.05) is 64.6 Å². The third-order valence-corrected chi connectivity index (χ3v) is 11.5. The van der Waals surface area contributed by atoms with Crippen molar-refractivity contribution in [3.63, 3.8) is 0 Å². The zero-order chi connectivity index (χ0) is 38.1. The minimum Gasteiger partial charge on any atom is -0.480 e. The number of rotatable bonds is 13. The molecule has 0 saturated heterocycles. The van der Waals surface area contributed by atoms with Crippen molar-refractivity contribution < 1.29 is 27.8 Å². The number of nitrogens with two attached hydrogens (primary N) is 1. The van der Waals surface area contributed by atoms with Crippen LogP contribution in [0.5, 0.6) is 11.8 Å². The van der Waals surface area contributed by atoms with Gasteiger partial charge in [0.2, 0.25) is 11.8 Å². The van der Waals surface area contributed by atoms with E-state index in [1.54, 1.807) is 19.9 Å². The molecular formula is C39H37BrCl2N4O6S. The van der Waals surface area contributed by atoms with Gasteiger partial charge in [0.05, 0.1) is 19.4 Å². The van der Waals surface area contributed by atoms with Crippen LogP contribution in [0.25, 0.3) is 22.3 Å². The standard InChI is InChI=1S/C39H37BrCl2N4O6S/c1-39(2,38(47)48)45-18-27-16-33(40)37(46-36(27)51-20-22-12-29(19-44-17-22)53(3,49)50)52-21-25-6-4-8-31(34(25)41)32-9-5-7-30(35(32)42)24-11-10-23-14-28(43)15-26(23)13-24/h4-13,16-17,19,28,45H,14-15,18,20-21,43H2,1-3H3,(H,47,48)/t28-/m0/s1. The predicted octanol–water partition coefficient (Wildman–Crippen LogP) is 7.82. The number of halogens is 3. The smallest absolute Gasteiger partial charge is 0.323 e. The van der Waals surface area contributed by atoms with Gasteiger partial charge in [-0.3, -0.25) is 15.1 Å². The number of sulfone groups is 1. The predicted molar refractivity (Wildman–Crippen MR) is 209 cm³/mol. The number of pyridine rings is 2. The first-order valence-corrected chi connectivity index (χ1v) is 20.1. The van der Waals surface area contributed by atoms with Crippen molar-refractivity contribution in [2.24, 2.45) is 5.73 Å². The van der Waals surface area contributed by atoms with Crippen LogP contribution in [0, 0.1) is 0 Å². The van der Waals surface area contributed by atoms with Crippen LogP contribution in [-0.2, 0) is 47.2 Å². The number of nitrogens with zero attached hydrogens (tertiary/aromatic N) is 2. The maximum absolute atomic E-state index is 12.1. The summed E-state index contributed by atoms with van der Waals surface area (Å²) >= 11 is 17.6. The van der Waals surface area contributed by atoms with E-state index in [-0.39, 0.29) is 42.5 Å². The van der Waals surface area contributed by atoms with Crippen LogP contribution in [0.2, 0.25) is 10.0 Å². The van der Waals surface area contributed by atoms with Crippen molar-refractivity contribution in [1.82, 2.24) is 15.3 Å². The molecule has 0 aliphatic heterocycles. The Morgan fingerprint density at radius 1 is 0.925 bits per heavy atom. The summed E-state index contributed by atoms with van der Waals surface area (Å²) in [4.78, 5) is 20.5. The molecule has 0 unspecified atom stereocenters. The fraction of sp³-hybridized carbons (Fsp3) is 0.256. The summed E-state index contributed by atoms with van der Waals surface area (Å²) in [7, 11) is -3.49. The fourth-order valence-electron chi connectivity index (χ4n) is 5.96. The molecule has 3 aromatic carbocycles. The summed E-state index contributed by atoms with van der Waals surface area (Å²) in [5.74, 6) is -0.683. The lowest BCUT2D eigenvalue weighted by Gasteiger charge is -2.22. The summed E-state index contributed by atoms with van der Waals surface area (Å²) in [6.45, 7) is 3.16. The van der Waals surface area contributed by atoms with E-state index >= 15 is 0 Å². The van der Waals surface area contributed by atoms with Gasteiger partial charge in [-0.05, 0) is 71.4 Å². The Morgan fingerprint density at radius 2 is 1.60 bits per heavy atom. The highest BCUT2D eigenvalue weighted by Crippen LogP contribution is 2.41. The van der Waals surface area contributed by atoms with Crippen LogP contribution in [0.1, 0.15) is 41.7 Å². The average Bonchev–Trinajstić information content (AvgIpc) is 3.49. The van der Waals surface area contributed by atoms with Crippen molar-refractivity contribution in [2.75, 3.05) is 6.26 Å². The lowest BCUT2D eigenvalue weighted by Crippen LogP contribution is -2.46. The number of benzene rings is 3. The first-order chi connectivity index (χ1) is 25.1. The van der Waals surface area contributed by atoms with Gasteiger partial charge in [-0.25, -0.2) is 8.42 Å². The summed E-state index contributed by atoms with van der Waals surface area (Å²) in [6, 6.07) is 21.2. The number of fused-ring (bicyclic) bond motifs is 1. The highest BCUT2D eigenvalue weighted by atomic mass is 79.9. The summed E-state index contributed by atoms with van der Waals surface area (Å²) < 4.78 is 36.9. The SMILES string of the molecule is CC(C)(NCc1cc(Br)c(OCc2cccc(-c3cccc(-c4ccc5c(c4)C[C@@H](N)C5)c3Cl)c2Cl)nc1OCc1cncc(S(C)(=O)=O)c1)C(=O)O. The van der Waals surface area contributed by atoms with E-state index in [2.05, 4.69) is 49.4 Å². The number of aliphatic carboxylic acids is 1. The minimum absolute atomic E-state index is 0.0457. The highest BCUT2D eigenvalue weighted by molar-refractivity contribution is 9.10. The zero-order valence-corrected chi connectivity index (χ0v) is 33.0. The molecule has 4 N–H and O–H groups in total. The van der Waals surface area contributed by atoms with Gasteiger partial charge in [0.15, 0.2) is 9.84 Å². The Bertz CT molecular complexity index is 2320. The third-order valence-electron chi connectivity index (χ3n) is 9.03. The Balaban J connectivity index is 1.26. The normalized spacial score (nSPS) is 14.2. The number of ether oxygens (including phenoxy) is 2. The van der Waals surface area contributed by atoms with Crippen LogP contribution >= 0.6 is 39.1 Å². The highest BCUT2D eigenvalue weighted by Gasteiger charge is 2.27. The van der Waals surface area contributed by atoms with Crippen LogP contribution in [-0.4, -0.2) is 47.3 Å². The monoisotopic (exact) mass is 838 g/mol. The zero-order valence-electron chi connectivity index (χ0n) is 29.1. The molecule has 1 atom stereocenters. The van der Waals surface area contributed by atoms with Crippen LogP contribution < -0.4 is 20.5 Å². The second-order valence-electron chi connectivity index (χ2n) is 13.5. The van der Waals surface area contributed by atoms with Gasteiger partial charge in [-0.2, -0.15) is 4.98 Å². The number of nitrogens with one attached hydrogen (secondary N) is 1. The van der Waals surface area contributed by atoms with Crippen molar-refractivity contribution >= 4 is 54.9 Å². The van der Waals surface area contributed by atoms with Crippen molar-refractivity contribution in [3.8, 4) is 34.0 Å².